The summed E-state index contributed by atoms with van der Waals surface area (Å²) in [7, 11) is -1.67. The maximum Gasteiger partial charge on any atom is 0.306 e. The molecule has 0 radical (unpaired) electrons. The summed E-state index contributed by atoms with van der Waals surface area (Å²) in [5.74, 6) is 1.31. The zero-order valence-corrected chi connectivity index (χ0v) is 17.2. The first-order valence-electron chi connectivity index (χ1n) is 9.71. The highest BCUT2D eigenvalue weighted by atomic mass is 31.2. The monoisotopic (exact) mass is 412 g/mol. The van der Waals surface area contributed by atoms with Crippen LogP contribution in [-0.4, -0.2) is 5.78 Å². The van der Waals surface area contributed by atoms with Gasteiger partial charge in [-0.05, 0) is 29.8 Å². The van der Waals surface area contributed by atoms with Gasteiger partial charge in [0.15, 0.2) is 5.78 Å². The first-order valence-corrected chi connectivity index (χ1v) is 11.0. The van der Waals surface area contributed by atoms with Gasteiger partial charge < -0.3 is 9.05 Å². The Bertz CT molecular complexity index is 1010. The lowest BCUT2D eigenvalue weighted by molar-refractivity contribution is 0.0983. The van der Waals surface area contributed by atoms with Crippen LogP contribution in [0.5, 0.6) is 11.5 Å². The molecule has 4 aromatic carbocycles. The van der Waals surface area contributed by atoms with E-state index in [-0.39, 0.29) is 5.78 Å². The van der Waals surface area contributed by atoms with E-state index in [9.17, 15) is 4.79 Å². The average molecular weight is 412 g/mol. The number of carbonyl (C=O) groups excluding carboxylic acids is 1. The van der Waals surface area contributed by atoms with Gasteiger partial charge in [-0.1, -0.05) is 97.1 Å². The Balaban J connectivity index is 1.76. The minimum atomic E-state index is -1.67. The summed E-state index contributed by atoms with van der Waals surface area (Å²) in [4.78, 5) is 13.6. The molecule has 0 aliphatic heterocycles. The third-order valence-corrected chi connectivity index (χ3v) is 6.25. The standard InChI is InChI=1S/C26H21O3P/c27-25(21-13-5-1-6-14-21)26(22-15-7-2-8-16-22)30(28-23-17-9-3-10-18-23)29-24-19-11-4-12-20-24/h1-20,26H. The zero-order valence-electron chi connectivity index (χ0n) is 16.3. The molecule has 0 fully saturated rings. The van der Waals surface area contributed by atoms with E-state index in [4.69, 9.17) is 9.05 Å². The second-order valence-electron chi connectivity index (χ2n) is 6.64. The minimum absolute atomic E-state index is 0.0280. The SMILES string of the molecule is O=C(c1ccccc1)C(c1ccccc1)P(Oc1ccccc1)Oc1ccccc1. The Morgan fingerprint density at radius 1 is 0.567 bits per heavy atom. The number of benzene rings is 4. The van der Waals surface area contributed by atoms with E-state index in [2.05, 4.69) is 0 Å². The highest BCUT2D eigenvalue weighted by molar-refractivity contribution is 7.49. The fourth-order valence-corrected chi connectivity index (χ4v) is 4.72. The van der Waals surface area contributed by atoms with Crippen molar-refractivity contribution in [2.45, 2.75) is 5.66 Å². The van der Waals surface area contributed by atoms with E-state index in [0.29, 0.717) is 17.1 Å². The van der Waals surface area contributed by atoms with Crippen molar-refractivity contribution in [1.82, 2.24) is 0 Å². The molecule has 0 aromatic heterocycles. The van der Waals surface area contributed by atoms with Crippen LogP contribution in [0.15, 0.2) is 121 Å². The predicted molar refractivity (Wildman–Crippen MR) is 121 cm³/mol. The number of rotatable bonds is 8. The smallest absolute Gasteiger partial charge is 0.306 e. The second-order valence-corrected chi connectivity index (χ2v) is 8.09. The summed E-state index contributed by atoms with van der Waals surface area (Å²) in [6.07, 6.45) is 0. The topological polar surface area (TPSA) is 35.5 Å². The van der Waals surface area contributed by atoms with Crippen LogP contribution in [0.3, 0.4) is 0 Å². The van der Waals surface area contributed by atoms with Crippen LogP contribution in [0, 0.1) is 0 Å². The Morgan fingerprint density at radius 3 is 1.43 bits per heavy atom. The molecule has 0 aliphatic carbocycles. The first kappa shape index (κ1) is 19.9. The van der Waals surface area contributed by atoms with Gasteiger partial charge in [-0.2, -0.15) is 0 Å². The van der Waals surface area contributed by atoms with Crippen molar-refractivity contribution in [3.63, 3.8) is 0 Å². The summed E-state index contributed by atoms with van der Waals surface area (Å²) in [6.45, 7) is 0. The van der Waals surface area contributed by atoms with Gasteiger partial charge in [-0.15, -0.1) is 0 Å². The second kappa shape index (κ2) is 9.87. The molecular weight excluding hydrogens is 391 g/mol. The van der Waals surface area contributed by atoms with Gasteiger partial charge in [-0.25, -0.2) is 0 Å². The van der Waals surface area contributed by atoms with Crippen LogP contribution in [0.1, 0.15) is 21.6 Å². The van der Waals surface area contributed by atoms with Gasteiger partial charge in [0.1, 0.15) is 17.2 Å². The molecule has 0 bridgehead atoms. The van der Waals surface area contributed by atoms with Crippen molar-refractivity contribution >= 4 is 14.2 Å². The number of Topliss-reactive ketones (excluding diaryl/α,β-unsaturated/α-hetero) is 1. The van der Waals surface area contributed by atoms with Crippen LogP contribution in [0.4, 0.5) is 0 Å². The quantitative estimate of drug-likeness (QED) is 0.229. The van der Waals surface area contributed by atoms with Gasteiger partial charge in [0.25, 0.3) is 0 Å². The molecule has 30 heavy (non-hydrogen) atoms. The average Bonchev–Trinajstić information content (AvgIpc) is 2.82. The Labute approximate surface area is 177 Å². The molecule has 0 amide bonds. The molecule has 0 spiro atoms. The third-order valence-electron chi connectivity index (χ3n) is 4.51. The minimum Gasteiger partial charge on any atom is -0.438 e. The lowest BCUT2D eigenvalue weighted by atomic mass is 10.0. The Morgan fingerprint density at radius 2 is 0.967 bits per heavy atom. The van der Waals surface area contributed by atoms with Gasteiger partial charge in [0, 0.05) is 5.56 Å². The fourth-order valence-electron chi connectivity index (χ4n) is 3.06. The number of hydrogen-bond donors (Lipinski definition) is 0. The van der Waals surface area contributed by atoms with Crippen molar-refractivity contribution in [3.8, 4) is 11.5 Å². The molecule has 4 rings (SSSR count). The summed E-state index contributed by atoms with van der Waals surface area (Å²) in [6, 6.07) is 38.0. The molecule has 4 aromatic rings. The van der Waals surface area contributed by atoms with Gasteiger partial charge in [0.2, 0.25) is 0 Å². The highest BCUT2D eigenvalue weighted by Gasteiger charge is 2.36. The van der Waals surface area contributed by atoms with E-state index >= 15 is 0 Å². The molecule has 0 saturated heterocycles. The summed E-state index contributed by atoms with van der Waals surface area (Å²) in [5, 5.41) is 0. The van der Waals surface area contributed by atoms with Crippen LogP contribution in [0.25, 0.3) is 0 Å². The van der Waals surface area contributed by atoms with Crippen LogP contribution >= 0.6 is 8.38 Å². The fraction of sp³-hybridized carbons (Fsp3) is 0.0385. The van der Waals surface area contributed by atoms with Crippen LogP contribution in [0.2, 0.25) is 0 Å². The van der Waals surface area contributed by atoms with Gasteiger partial charge >= 0.3 is 8.38 Å². The summed E-state index contributed by atoms with van der Waals surface area (Å²) < 4.78 is 12.6. The van der Waals surface area contributed by atoms with Crippen molar-refractivity contribution in [1.29, 1.82) is 0 Å². The lowest BCUT2D eigenvalue weighted by Crippen LogP contribution is -2.16. The maximum absolute atomic E-state index is 13.6. The molecule has 0 saturated carbocycles. The van der Waals surface area contributed by atoms with Gasteiger partial charge in [-0.3, -0.25) is 4.79 Å². The van der Waals surface area contributed by atoms with E-state index in [1.54, 1.807) is 0 Å². The Kier molecular flexibility index (Phi) is 6.54. The molecule has 1 atom stereocenters. The molecule has 0 aliphatic rings. The number of carbonyl (C=O) groups is 1. The maximum atomic E-state index is 13.6. The van der Waals surface area contributed by atoms with Crippen molar-refractivity contribution < 1.29 is 13.8 Å². The lowest BCUT2D eigenvalue weighted by Gasteiger charge is -2.26. The number of hydrogen-bond acceptors (Lipinski definition) is 3. The summed E-state index contributed by atoms with van der Waals surface area (Å²) >= 11 is 0. The van der Waals surface area contributed by atoms with E-state index in [1.165, 1.54) is 0 Å². The molecule has 1 unspecified atom stereocenters. The van der Waals surface area contributed by atoms with E-state index < -0.39 is 14.0 Å². The van der Waals surface area contributed by atoms with Crippen LogP contribution < -0.4 is 9.05 Å². The van der Waals surface area contributed by atoms with Crippen molar-refractivity contribution in [2.75, 3.05) is 0 Å². The normalized spacial score (nSPS) is 11.6. The molecule has 0 heterocycles. The predicted octanol–water partition coefficient (Wildman–Crippen LogP) is 7.08. The van der Waals surface area contributed by atoms with Crippen molar-refractivity contribution in [2.24, 2.45) is 0 Å². The highest BCUT2D eigenvalue weighted by Crippen LogP contribution is 2.54. The summed E-state index contributed by atoms with van der Waals surface area (Å²) in [5.41, 5.74) is 0.917. The van der Waals surface area contributed by atoms with Crippen molar-refractivity contribution in [3.05, 3.63) is 132 Å². The molecular formula is C26H21O3P. The van der Waals surface area contributed by atoms with Crippen LogP contribution in [-0.2, 0) is 0 Å². The zero-order chi connectivity index (χ0) is 20.6. The molecule has 0 N–H and O–H groups in total. The van der Waals surface area contributed by atoms with E-state index in [0.717, 1.165) is 5.56 Å². The number of para-hydroxylation sites is 2. The number of ketones is 1. The molecule has 3 nitrogen and oxygen atoms in total. The Hall–Kier alpha value is -3.42. The molecule has 148 valence electrons. The van der Waals surface area contributed by atoms with E-state index in [1.807, 2.05) is 121 Å². The molecule has 4 heteroatoms. The largest absolute Gasteiger partial charge is 0.438 e. The third kappa shape index (κ3) is 4.94. The first-order chi connectivity index (χ1) is 14.8. The van der Waals surface area contributed by atoms with Gasteiger partial charge in [0.05, 0.1) is 0 Å².